The predicted octanol–water partition coefficient (Wildman–Crippen LogP) is 2.19. The molecule has 1 unspecified atom stereocenters. The summed E-state index contributed by atoms with van der Waals surface area (Å²) >= 11 is 0. The molecule has 0 bridgehead atoms. The molecule has 0 saturated carbocycles. The molecule has 0 heterocycles. The largest absolute Gasteiger partial charge is 0.481 e. The minimum atomic E-state index is -0.744. The van der Waals surface area contributed by atoms with Gasteiger partial charge >= 0.3 is 5.97 Å². The summed E-state index contributed by atoms with van der Waals surface area (Å²) in [6, 6.07) is 7.66. The maximum Gasteiger partial charge on any atom is 0.310 e. The predicted molar refractivity (Wildman–Crippen MR) is 57.6 cm³/mol. The third-order valence-electron chi connectivity index (χ3n) is 2.19. The molecule has 1 aromatic carbocycles. The molecule has 0 saturated heterocycles. The summed E-state index contributed by atoms with van der Waals surface area (Å²) in [7, 11) is 0. The van der Waals surface area contributed by atoms with Crippen molar-refractivity contribution in [1.82, 2.24) is 0 Å². The van der Waals surface area contributed by atoms with Crippen molar-refractivity contribution in [2.45, 2.75) is 26.2 Å². The maximum atomic E-state index is 10.8. The summed E-state index contributed by atoms with van der Waals surface area (Å²) in [5.41, 5.74) is 2.05. The topological polar surface area (TPSA) is 37.3 Å². The van der Waals surface area contributed by atoms with Gasteiger partial charge in [-0.2, -0.15) is 0 Å². The number of carbonyl (C=O) groups is 1. The van der Waals surface area contributed by atoms with Crippen molar-refractivity contribution >= 4 is 35.5 Å². The van der Waals surface area contributed by atoms with E-state index < -0.39 is 5.97 Å². The van der Waals surface area contributed by atoms with Crippen LogP contribution in [-0.4, -0.2) is 40.6 Å². The Morgan fingerprint density at radius 2 is 1.86 bits per heavy atom. The van der Waals surface area contributed by atoms with Crippen LogP contribution >= 0.6 is 0 Å². The zero-order chi connectivity index (χ0) is 9.84. The molecule has 1 aromatic rings. The van der Waals surface area contributed by atoms with E-state index in [0.29, 0.717) is 6.42 Å². The average molecular weight is 201 g/mol. The number of aliphatic carboxylic acids is 1. The summed E-state index contributed by atoms with van der Waals surface area (Å²) in [6.45, 7) is 3.88. The molecule has 0 aromatic heterocycles. The first-order chi connectivity index (χ1) is 6.15. The van der Waals surface area contributed by atoms with Gasteiger partial charge in [0.1, 0.15) is 0 Å². The van der Waals surface area contributed by atoms with Crippen LogP contribution in [-0.2, 0) is 4.79 Å². The fourth-order valence-corrected chi connectivity index (χ4v) is 1.35. The first kappa shape index (κ1) is 13.7. The molecule has 1 N–H and O–H groups in total. The summed E-state index contributed by atoms with van der Waals surface area (Å²) in [5.74, 6) is -1.10. The van der Waals surface area contributed by atoms with E-state index in [9.17, 15) is 4.79 Å². The normalized spacial score (nSPS) is 11.6. The number of hydrogen-bond acceptors (Lipinski definition) is 1. The van der Waals surface area contributed by atoms with Crippen LogP contribution in [0.5, 0.6) is 0 Å². The van der Waals surface area contributed by atoms with Gasteiger partial charge < -0.3 is 5.11 Å². The molecule has 14 heavy (non-hydrogen) atoms. The van der Waals surface area contributed by atoms with E-state index in [0.717, 1.165) is 11.1 Å². The summed E-state index contributed by atoms with van der Waals surface area (Å²) < 4.78 is 0. The van der Waals surface area contributed by atoms with E-state index in [1.54, 1.807) is 0 Å². The Bertz CT molecular complexity index is 293. The number of rotatable bonds is 3. The van der Waals surface area contributed by atoms with E-state index >= 15 is 0 Å². The van der Waals surface area contributed by atoms with Crippen molar-refractivity contribution in [2.75, 3.05) is 0 Å². The quantitative estimate of drug-likeness (QED) is 0.761. The van der Waals surface area contributed by atoms with Gasteiger partial charge in [-0.25, -0.2) is 0 Å². The molecule has 0 aliphatic rings. The number of hydrogen-bond donors (Lipinski definition) is 1. The first-order valence-electron chi connectivity index (χ1n) is 4.44. The van der Waals surface area contributed by atoms with Crippen molar-refractivity contribution in [1.29, 1.82) is 0 Å². The molecule has 1 atom stereocenters. The van der Waals surface area contributed by atoms with Crippen LogP contribution in [0.1, 0.15) is 30.4 Å². The monoisotopic (exact) mass is 201 g/mol. The van der Waals surface area contributed by atoms with Crippen molar-refractivity contribution in [2.24, 2.45) is 0 Å². The minimum absolute atomic E-state index is 0. The van der Waals surface area contributed by atoms with Gasteiger partial charge in [0.15, 0.2) is 0 Å². The first-order valence-corrected chi connectivity index (χ1v) is 4.44. The van der Waals surface area contributed by atoms with Gasteiger partial charge in [-0.1, -0.05) is 36.8 Å². The summed E-state index contributed by atoms with van der Waals surface area (Å²) in [4.78, 5) is 10.8. The van der Waals surface area contributed by atoms with Crippen molar-refractivity contribution in [3.63, 3.8) is 0 Å². The van der Waals surface area contributed by atoms with E-state index in [-0.39, 0.29) is 35.5 Å². The van der Waals surface area contributed by atoms with Crippen LogP contribution < -0.4 is 0 Å². The minimum Gasteiger partial charge on any atom is -0.481 e. The average Bonchev–Trinajstić information content (AvgIpc) is 2.09. The van der Waals surface area contributed by atoms with E-state index in [2.05, 4.69) is 0 Å². The van der Waals surface area contributed by atoms with Crippen LogP contribution in [0.4, 0.5) is 0 Å². The second kappa shape index (κ2) is 6.23. The number of aryl methyl sites for hydroxylation is 1. The van der Waals surface area contributed by atoms with Gasteiger partial charge in [0.05, 0.1) is 5.92 Å². The molecular formula is C11H14NaO2. The molecule has 0 spiro atoms. The Morgan fingerprint density at radius 1 is 1.36 bits per heavy atom. The van der Waals surface area contributed by atoms with Gasteiger partial charge in [-0.15, -0.1) is 0 Å². The van der Waals surface area contributed by atoms with Gasteiger partial charge in [-0.05, 0) is 18.9 Å². The van der Waals surface area contributed by atoms with E-state index in [1.807, 2.05) is 38.1 Å². The van der Waals surface area contributed by atoms with Crippen molar-refractivity contribution in [3.8, 4) is 0 Å². The zero-order valence-corrected chi connectivity index (χ0v) is 10.9. The summed E-state index contributed by atoms with van der Waals surface area (Å²) in [5, 5.41) is 8.90. The smallest absolute Gasteiger partial charge is 0.310 e. The van der Waals surface area contributed by atoms with Gasteiger partial charge in [0.25, 0.3) is 0 Å². The molecule has 1 rings (SSSR count). The van der Waals surface area contributed by atoms with Crippen LogP contribution in [0.3, 0.4) is 0 Å². The molecule has 0 fully saturated rings. The Labute approximate surface area is 107 Å². The fraction of sp³-hybridized carbons (Fsp3) is 0.364. The second-order valence-electron chi connectivity index (χ2n) is 3.21. The van der Waals surface area contributed by atoms with Gasteiger partial charge in [-0.3, -0.25) is 4.79 Å². The van der Waals surface area contributed by atoms with Gasteiger partial charge in [0, 0.05) is 29.6 Å². The van der Waals surface area contributed by atoms with Crippen LogP contribution in [0.2, 0.25) is 0 Å². The Balaban J connectivity index is 0.00000169. The SMILES string of the molecule is CCC(C(=O)O)c1ccc(C)cc1.[Na]. The molecule has 1 radical (unpaired) electrons. The third kappa shape index (κ3) is 3.45. The third-order valence-corrected chi connectivity index (χ3v) is 2.19. The molecule has 3 heteroatoms. The van der Waals surface area contributed by atoms with E-state index in [4.69, 9.17) is 5.11 Å². The fourth-order valence-electron chi connectivity index (χ4n) is 1.35. The molecule has 2 nitrogen and oxygen atoms in total. The molecular weight excluding hydrogens is 187 g/mol. The number of carboxylic acids is 1. The van der Waals surface area contributed by atoms with Crippen molar-refractivity contribution < 1.29 is 9.90 Å². The van der Waals surface area contributed by atoms with Crippen LogP contribution in [0.15, 0.2) is 24.3 Å². The van der Waals surface area contributed by atoms with Crippen molar-refractivity contribution in [3.05, 3.63) is 35.4 Å². The Hall–Kier alpha value is -0.310. The number of benzene rings is 1. The van der Waals surface area contributed by atoms with Crippen LogP contribution in [0.25, 0.3) is 0 Å². The maximum absolute atomic E-state index is 10.8. The second-order valence-corrected chi connectivity index (χ2v) is 3.21. The standard InChI is InChI=1S/C11H14O2.Na/c1-3-10(11(12)13)9-6-4-8(2)5-7-9;/h4-7,10H,3H2,1-2H3,(H,12,13);. The summed E-state index contributed by atoms with van der Waals surface area (Å²) in [6.07, 6.45) is 0.637. The molecule has 0 aliphatic carbocycles. The van der Waals surface area contributed by atoms with Gasteiger partial charge in [0.2, 0.25) is 0 Å². The van der Waals surface area contributed by atoms with Crippen LogP contribution in [0, 0.1) is 6.92 Å². The molecule has 0 aliphatic heterocycles. The Morgan fingerprint density at radius 3 is 2.21 bits per heavy atom. The number of carboxylic acid groups (broad SMARTS) is 1. The molecule has 71 valence electrons. The molecule has 0 amide bonds. The van der Waals surface area contributed by atoms with E-state index in [1.165, 1.54) is 0 Å². The Kier molecular flexibility index (Phi) is 6.09. The zero-order valence-electron chi connectivity index (χ0n) is 8.95.